The molecule has 0 N–H and O–H groups in total. The molecule has 0 bridgehead atoms. The first-order valence-electron chi connectivity index (χ1n) is 7.90. The number of piperazine rings is 1. The van der Waals surface area contributed by atoms with Crippen LogP contribution >= 0.6 is 11.6 Å². The average molecular weight is 400 g/mol. The summed E-state index contributed by atoms with van der Waals surface area (Å²) in [6.07, 6.45) is 0. The normalized spacial score (nSPS) is 14.4. The zero-order valence-corrected chi connectivity index (χ0v) is 14.5. The number of nitro benzene ring substituents is 1. The first-order valence-corrected chi connectivity index (χ1v) is 8.28. The number of nitrogens with zero attached hydrogens (tertiary/aromatic N) is 3. The summed E-state index contributed by atoms with van der Waals surface area (Å²) in [7, 11) is 0. The van der Waals surface area contributed by atoms with Gasteiger partial charge in [-0.25, -0.2) is 13.2 Å². The van der Waals surface area contributed by atoms with Gasteiger partial charge in [0, 0.05) is 26.2 Å². The minimum Gasteiger partial charge on any atom is -0.362 e. The van der Waals surface area contributed by atoms with E-state index in [0.717, 1.165) is 24.3 Å². The van der Waals surface area contributed by atoms with Gasteiger partial charge in [0.05, 0.1) is 21.6 Å². The summed E-state index contributed by atoms with van der Waals surface area (Å²) in [5, 5.41) is 10.9. The largest absolute Gasteiger partial charge is 0.362 e. The highest BCUT2D eigenvalue weighted by atomic mass is 35.5. The SMILES string of the molecule is O=C(c1cc(F)c(F)cc1Cl)N1CCN(c2ccc(F)cc2[N+](=O)[O-])CC1. The molecule has 3 rings (SSSR count). The Hall–Kier alpha value is -2.81. The minimum absolute atomic E-state index is 0.156. The standard InChI is InChI=1S/C17H13ClF3N3O3/c18-12-9-14(21)13(20)8-11(12)17(25)23-5-3-22(4-6-23)15-2-1-10(19)7-16(15)24(26)27/h1-2,7-9H,3-6H2. The molecule has 0 unspecified atom stereocenters. The van der Waals surface area contributed by atoms with Crippen molar-refractivity contribution >= 4 is 28.9 Å². The molecule has 0 aromatic heterocycles. The van der Waals surface area contributed by atoms with E-state index in [1.807, 2.05) is 0 Å². The second kappa shape index (κ2) is 7.43. The number of anilines is 1. The van der Waals surface area contributed by atoms with Crippen LogP contribution in [0.15, 0.2) is 30.3 Å². The summed E-state index contributed by atoms with van der Waals surface area (Å²) in [4.78, 5) is 26.0. The highest BCUT2D eigenvalue weighted by Crippen LogP contribution is 2.30. The third-order valence-electron chi connectivity index (χ3n) is 4.28. The van der Waals surface area contributed by atoms with Crippen LogP contribution in [0.2, 0.25) is 5.02 Å². The molecule has 142 valence electrons. The Morgan fingerprint density at radius 3 is 2.30 bits per heavy atom. The Kier molecular flexibility index (Phi) is 5.22. The van der Waals surface area contributed by atoms with Crippen molar-refractivity contribution in [2.75, 3.05) is 31.1 Å². The molecule has 1 aliphatic rings. The van der Waals surface area contributed by atoms with Gasteiger partial charge in [-0.15, -0.1) is 0 Å². The van der Waals surface area contributed by atoms with Crippen LogP contribution in [0.4, 0.5) is 24.5 Å². The Balaban J connectivity index is 1.75. The summed E-state index contributed by atoms with van der Waals surface area (Å²) < 4.78 is 39.9. The molecule has 0 radical (unpaired) electrons. The van der Waals surface area contributed by atoms with Crippen LogP contribution in [0, 0.1) is 27.6 Å². The number of benzene rings is 2. The monoisotopic (exact) mass is 399 g/mol. The van der Waals surface area contributed by atoms with Gasteiger partial charge in [-0.1, -0.05) is 11.6 Å². The van der Waals surface area contributed by atoms with Crippen LogP contribution in [-0.2, 0) is 0 Å². The number of nitro groups is 1. The maximum absolute atomic E-state index is 13.4. The van der Waals surface area contributed by atoms with Gasteiger partial charge < -0.3 is 9.80 Å². The molecule has 0 atom stereocenters. The van der Waals surface area contributed by atoms with E-state index in [-0.39, 0.29) is 48.1 Å². The van der Waals surface area contributed by atoms with E-state index in [2.05, 4.69) is 0 Å². The molecule has 1 saturated heterocycles. The van der Waals surface area contributed by atoms with E-state index in [1.54, 1.807) is 4.90 Å². The predicted molar refractivity (Wildman–Crippen MR) is 92.5 cm³/mol. The van der Waals surface area contributed by atoms with E-state index in [9.17, 15) is 28.1 Å². The Morgan fingerprint density at radius 1 is 1.04 bits per heavy atom. The molecule has 2 aromatic carbocycles. The summed E-state index contributed by atoms with van der Waals surface area (Å²) in [5.41, 5.74) is -0.269. The maximum atomic E-state index is 13.4. The molecule has 0 aliphatic carbocycles. The topological polar surface area (TPSA) is 66.7 Å². The zero-order chi connectivity index (χ0) is 19.7. The molecule has 1 fully saturated rings. The minimum atomic E-state index is -1.18. The van der Waals surface area contributed by atoms with Gasteiger partial charge in [0.1, 0.15) is 11.5 Å². The Labute approximate surface area is 156 Å². The quantitative estimate of drug-likeness (QED) is 0.449. The van der Waals surface area contributed by atoms with E-state index in [1.165, 1.54) is 11.0 Å². The van der Waals surface area contributed by atoms with Crippen molar-refractivity contribution in [2.24, 2.45) is 0 Å². The molecule has 1 aliphatic heterocycles. The molecule has 0 spiro atoms. The lowest BCUT2D eigenvalue weighted by Crippen LogP contribution is -2.49. The molecule has 10 heteroatoms. The number of halogens is 4. The van der Waals surface area contributed by atoms with Crippen LogP contribution in [0.25, 0.3) is 0 Å². The smallest absolute Gasteiger partial charge is 0.295 e. The van der Waals surface area contributed by atoms with Crippen molar-refractivity contribution in [1.29, 1.82) is 0 Å². The van der Waals surface area contributed by atoms with Crippen molar-refractivity contribution in [3.63, 3.8) is 0 Å². The number of hydrogen-bond donors (Lipinski definition) is 0. The lowest BCUT2D eigenvalue weighted by Gasteiger charge is -2.36. The fraction of sp³-hybridized carbons (Fsp3) is 0.235. The molecule has 1 amide bonds. The van der Waals surface area contributed by atoms with Gasteiger partial charge in [0.15, 0.2) is 11.6 Å². The van der Waals surface area contributed by atoms with Crippen molar-refractivity contribution in [2.45, 2.75) is 0 Å². The average Bonchev–Trinajstić information content (AvgIpc) is 2.64. The van der Waals surface area contributed by atoms with Crippen LogP contribution in [0.1, 0.15) is 10.4 Å². The number of rotatable bonds is 3. The lowest BCUT2D eigenvalue weighted by atomic mass is 10.1. The summed E-state index contributed by atoms with van der Waals surface area (Å²) in [5.74, 6) is -3.60. The van der Waals surface area contributed by atoms with Crippen molar-refractivity contribution in [1.82, 2.24) is 4.90 Å². The van der Waals surface area contributed by atoms with Gasteiger partial charge in [-0.05, 0) is 24.3 Å². The van der Waals surface area contributed by atoms with Crippen LogP contribution in [0.3, 0.4) is 0 Å². The molecular weight excluding hydrogens is 387 g/mol. The van der Waals surface area contributed by atoms with E-state index < -0.39 is 28.3 Å². The maximum Gasteiger partial charge on any atom is 0.295 e. The van der Waals surface area contributed by atoms with Gasteiger partial charge in [-0.2, -0.15) is 0 Å². The predicted octanol–water partition coefficient (Wildman–Crippen LogP) is 3.63. The van der Waals surface area contributed by atoms with Crippen molar-refractivity contribution in [3.8, 4) is 0 Å². The van der Waals surface area contributed by atoms with Gasteiger partial charge in [0.2, 0.25) is 0 Å². The molecule has 0 saturated carbocycles. The highest BCUT2D eigenvalue weighted by Gasteiger charge is 2.28. The fourth-order valence-electron chi connectivity index (χ4n) is 2.92. The van der Waals surface area contributed by atoms with Crippen LogP contribution in [0.5, 0.6) is 0 Å². The number of carbonyl (C=O) groups excluding carboxylic acids is 1. The highest BCUT2D eigenvalue weighted by molar-refractivity contribution is 6.33. The fourth-order valence-corrected chi connectivity index (χ4v) is 3.15. The third-order valence-corrected chi connectivity index (χ3v) is 4.59. The summed E-state index contributed by atoms with van der Waals surface area (Å²) >= 11 is 5.84. The summed E-state index contributed by atoms with van der Waals surface area (Å²) in [6.45, 7) is 0.865. The first-order chi connectivity index (χ1) is 12.8. The zero-order valence-electron chi connectivity index (χ0n) is 13.8. The van der Waals surface area contributed by atoms with Crippen LogP contribution < -0.4 is 4.90 Å². The number of carbonyl (C=O) groups is 1. The third kappa shape index (κ3) is 3.82. The van der Waals surface area contributed by atoms with E-state index in [0.29, 0.717) is 0 Å². The Morgan fingerprint density at radius 2 is 1.67 bits per heavy atom. The Bertz CT molecular complexity index is 918. The van der Waals surface area contributed by atoms with Gasteiger partial charge >= 0.3 is 0 Å². The number of amides is 1. The molecule has 6 nitrogen and oxygen atoms in total. The molecule has 27 heavy (non-hydrogen) atoms. The van der Waals surface area contributed by atoms with E-state index in [4.69, 9.17) is 11.6 Å². The second-order valence-corrected chi connectivity index (χ2v) is 6.32. The summed E-state index contributed by atoms with van der Waals surface area (Å²) in [6, 6.07) is 4.77. The van der Waals surface area contributed by atoms with Gasteiger partial charge in [-0.3, -0.25) is 14.9 Å². The lowest BCUT2D eigenvalue weighted by molar-refractivity contribution is -0.384. The van der Waals surface area contributed by atoms with E-state index >= 15 is 0 Å². The number of hydrogen-bond acceptors (Lipinski definition) is 4. The molecular formula is C17H13ClF3N3O3. The molecule has 2 aromatic rings. The van der Waals surface area contributed by atoms with Gasteiger partial charge in [0.25, 0.3) is 11.6 Å². The molecule has 1 heterocycles. The van der Waals surface area contributed by atoms with Crippen molar-refractivity contribution < 1.29 is 22.9 Å². The second-order valence-electron chi connectivity index (χ2n) is 5.92. The van der Waals surface area contributed by atoms with Crippen LogP contribution in [-0.4, -0.2) is 41.9 Å². The van der Waals surface area contributed by atoms with Crippen molar-refractivity contribution in [3.05, 3.63) is 68.5 Å². The first kappa shape index (κ1) is 19.0.